The maximum Gasteiger partial charge on any atom is 0.340 e. The molecule has 0 aliphatic heterocycles. The highest BCUT2D eigenvalue weighted by Gasteiger charge is 1.93. The number of H-pyrrole nitrogens is 2. The quantitative estimate of drug-likeness (QED) is 0.636. The van der Waals surface area contributed by atoms with Crippen LogP contribution in [0.1, 0.15) is 26.1 Å². The molecule has 1 heterocycles. The van der Waals surface area contributed by atoms with Crippen LogP contribution in [0.2, 0.25) is 0 Å². The Morgan fingerprint density at radius 1 is 1.58 bits per heavy atom. The molecule has 0 radical (unpaired) electrons. The highest BCUT2D eigenvalue weighted by molar-refractivity contribution is 4.90. The second-order valence-electron chi connectivity index (χ2n) is 1.83. The van der Waals surface area contributed by atoms with Crippen LogP contribution in [0.5, 0.6) is 0 Å². The van der Waals surface area contributed by atoms with E-state index >= 15 is 0 Å². The van der Waals surface area contributed by atoms with Gasteiger partial charge >= 0.3 is 5.69 Å². The highest BCUT2D eigenvalue weighted by atomic mass is 16.1. The molecular formula is C8H13N3O. The van der Waals surface area contributed by atoms with E-state index in [0.717, 1.165) is 0 Å². The van der Waals surface area contributed by atoms with Gasteiger partial charge in [0.25, 0.3) is 0 Å². The Morgan fingerprint density at radius 2 is 2.25 bits per heavy atom. The molecule has 66 valence electrons. The summed E-state index contributed by atoms with van der Waals surface area (Å²) in [6.07, 6.45) is 6.22. The van der Waals surface area contributed by atoms with Crippen molar-refractivity contribution in [2.24, 2.45) is 0 Å². The van der Waals surface area contributed by atoms with Crippen LogP contribution < -0.4 is 5.69 Å². The van der Waals surface area contributed by atoms with Crippen LogP contribution in [0.4, 0.5) is 0 Å². The molecule has 0 atom stereocenters. The Hall–Kier alpha value is -1.50. The number of terminal acetylenes is 1. The highest BCUT2D eigenvalue weighted by Crippen LogP contribution is 1.87. The summed E-state index contributed by atoms with van der Waals surface area (Å²) in [7, 11) is 0. The minimum absolute atomic E-state index is 0.285. The summed E-state index contributed by atoms with van der Waals surface area (Å²) in [5, 5.41) is 5.91. The van der Waals surface area contributed by atoms with Crippen LogP contribution in [0.25, 0.3) is 0 Å². The van der Waals surface area contributed by atoms with Gasteiger partial charge in [0.05, 0.1) is 0 Å². The number of hydrogen-bond acceptors (Lipinski definition) is 2. The van der Waals surface area contributed by atoms with Crippen molar-refractivity contribution in [3.63, 3.8) is 0 Å². The first-order chi connectivity index (χ1) is 5.83. The number of aromatic amines is 2. The van der Waals surface area contributed by atoms with Gasteiger partial charge in [0, 0.05) is 12.8 Å². The monoisotopic (exact) mass is 167 g/mol. The fraction of sp³-hybridized carbons (Fsp3) is 0.500. The molecule has 0 amide bonds. The third-order valence-electron chi connectivity index (χ3n) is 1.06. The first-order valence-corrected chi connectivity index (χ1v) is 3.90. The van der Waals surface area contributed by atoms with E-state index in [2.05, 4.69) is 21.1 Å². The van der Waals surface area contributed by atoms with Crippen LogP contribution >= 0.6 is 0 Å². The van der Waals surface area contributed by atoms with E-state index in [4.69, 9.17) is 6.42 Å². The van der Waals surface area contributed by atoms with Crippen LogP contribution in [0.3, 0.4) is 0 Å². The second kappa shape index (κ2) is 6.23. The van der Waals surface area contributed by atoms with Gasteiger partial charge in [-0.3, -0.25) is 4.98 Å². The molecule has 0 bridgehead atoms. The second-order valence-corrected chi connectivity index (χ2v) is 1.83. The van der Waals surface area contributed by atoms with Crippen LogP contribution in [0, 0.1) is 12.3 Å². The summed E-state index contributed by atoms with van der Waals surface area (Å²) in [4.78, 5) is 12.9. The minimum Gasteiger partial charge on any atom is -0.293 e. The molecule has 1 aromatic heterocycles. The lowest BCUT2D eigenvalue weighted by Crippen LogP contribution is -2.01. The normalized spacial score (nSPS) is 8.08. The lowest BCUT2D eigenvalue weighted by Gasteiger charge is -1.84. The van der Waals surface area contributed by atoms with Gasteiger partial charge in [-0.05, 0) is 0 Å². The van der Waals surface area contributed by atoms with Gasteiger partial charge in [0.1, 0.15) is 5.82 Å². The van der Waals surface area contributed by atoms with Crippen molar-refractivity contribution in [1.82, 2.24) is 15.2 Å². The maximum atomic E-state index is 10.4. The van der Waals surface area contributed by atoms with Gasteiger partial charge in [-0.25, -0.2) is 9.89 Å². The molecule has 1 rings (SSSR count). The van der Waals surface area contributed by atoms with Gasteiger partial charge in [-0.1, -0.05) is 13.8 Å². The van der Waals surface area contributed by atoms with Crippen molar-refractivity contribution in [2.75, 3.05) is 0 Å². The zero-order valence-corrected chi connectivity index (χ0v) is 7.35. The van der Waals surface area contributed by atoms with Crippen molar-refractivity contribution in [2.45, 2.75) is 26.7 Å². The fourth-order valence-corrected chi connectivity index (χ4v) is 0.614. The molecule has 0 aliphatic carbocycles. The van der Waals surface area contributed by atoms with E-state index in [0.29, 0.717) is 18.7 Å². The Bertz CT molecular complexity index is 292. The van der Waals surface area contributed by atoms with E-state index in [1.54, 1.807) is 0 Å². The average molecular weight is 167 g/mol. The molecule has 0 saturated carbocycles. The number of aromatic nitrogens is 3. The minimum atomic E-state index is -0.285. The third kappa shape index (κ3) is 3.62. The molecular weight excluding hydrogens is 154 g/mol. The Kier molecular flexibility index (Phi) is 5.45. The van der Waals surface area contributed by atoms with E-state index in [9.17, 15) is 4.79 Å². The standard InChI is InChI=1S/C6H7N3O.C2H6/c1-2-3-4-5-7-6(10)9-8-5;1-2/h1H,3-4H2,(H2,7,8,9,10);1-2H3. The molecule has 0 aliphatic rings. The summed E-state index contributed by atoms with van der Waals surface area (Å²) in [5.74, 6) is 3.06. The lowest BCUT2D eigenvalue weighted by atomic mass is 10.3. The third-order valence-corrected chi connectivity index (χ3v) is 1.06. The van der Waals surface area contributed by atoms with Crippen molar-refractivity contribution >= 4 is 0 Å². The number of aryl methyl sites for hydroxylation is 1. The molecule has 1 aromatic rings. The SMILES string of the molecule is C#CCCc1n[nH]c(=O)[nH]1.CC. The molecule has 12 heavy (non-hydrogen) atoms. The molecule has 0 spiro atoms. The summed E-state index contributed by atoms with van der Waals surface area (Å²) < 4.78 is 0. The first-order valence-electron chi connectivity index (χ1n) is 3.90. The number of hydrogen-bond donors (Lipinski definition) is 2. The summed E-state index contributed by atoms with van der Waals surface area (Å²) in [6, 6.07) is 0. The molecule has 0 saturated heterocycles. The van der Waals surface area contributed by atoms with Crippen LogP contribution in [-0.2, 0) is 6.42 Å². The molecule has 0 unspecified atom stereocenters. The molecule has 4 heteroatoms. The number of nitrogens with one attached hydrogen (secondary N) is 2. The van der Waals surface area contributed by atoms with Gasteiger partial charge < -0.3 is 0 Å². The zero-order valence-electron chi connectivity index (χ0n) is 7.35. The molecule has 0 aromatic carbocycles. The summed E-state index contributed by atoms with van der Waals surface area (Å²) >= 11 is 0. The Morgan fingerprint density at radius 3 is 2.67 bits per heavy atom. The van der Waals surface area contributed by atoms with Crippen molar-refractivity contribution < 1.29 is 0 Å². The summed E-state index contributed by atoms with van der Waals surface area (Å²) in [5.41, 5.74) is -0.285. The van der Waals surface area contributed by atoms with Gasteiger partial charge in [0.15, 0.2) is 0 Å². The smallest absolute Gasteiger partial charge is 0.293 e. The molecule has 2 N–H and O–H groups in total. The van der Waals surface area contributed by atoms with Crippen molar-refractivity contribution in [1.29, 1.82) is 0 Å². The molecule has 4 nitrogen and oxygen atoms in total. The predicted molar refractivity (Wildman–Crippen MR) is 47.7 cm³/mol. The average Bonchev–Trinajstić information content (AvgIpc) is 2.51. The molecule has 0 fully saturated rings. The maximum absolute atomic E-state index is 10.4. The first kappa shape index (κ1) is 10.5. The largest absolute Gasteiger partial charge is 0.340 e. The predicted octanol–water partition coefficient (Wildman–Crippen LogP) is 0.690. The number of nitrogens with zero attached hydrogens (tertiary/aromatic N) is 1. The van der Waals surface area contributed by atoms with E-state index < -0.39 is 0 Å². The lowest BCUT2D eigenvalue weighted by molar-refractivity contribution is 0.899. The fourth-order valence-electron chi connectivity index (χ4n) is 0.614. The van der Waals surface area contributed by atoms with Crippen LogP contribution in [-0.4, -0.2) is 15.2 Å². The van der Waals surface area contributed by atoms with Crippen molar-refractivity contribution in [3.8, 4) is 12.3 Å². The van der Waals surface area contributed by atoms with Gasteiger partial charge in [0.2, 0.25) is 0 Å². The Balaban J connectivity index is 0.000000561. The summed E-state index contributed by atoms with van der Waals surface area (Å²) in [6.45, 7) is 4.00. The topological polar surface area (TPSA) is 61.5 Å². The van der Waals surface area contributed by atoms with E-state index in [-0.39, 0.29) is 5.69 Å². The Labute approximate surface area is 71.4 Å². The number of rotatable bonds is 2. The van der Waals surface area contributed by atoms with E-state index in [1.807, 2.05) is 13.8 Å². The zero-order chi connectivity index (χ0) is 9.40. The van der Waals surface area contributed by atoms with E-state index in [1.165, 1.54) is 0 Å². The van der Waals surface area contributed by atoms with Crippen molar-refractivity contribution in [3.05, 3.63) is 16.3 Å². The van der Waals surface area contributed by atoms with Crippen LogP contribution in [0.15, 0.2) is 4.79 Å². The van der Waals surface area contributed by atoms with Gasteiger partial charge in [-0.15, -0.1) is 12.3 Å². The van der Waals surface area contributed by atoms with Gasteiger partial charge in [-0.2, -0.15) is 5.10 Å².